The minimum Gasteiger partial charge on any atom is -0.488 e. The Balaban J connectivity index is 1.80. The summed E-state index contributed by atoms with van der Waals surface area (Å²) in [6.45, 7) is 6.36. The predicted molar refractivity (Wildman–Crippen MR) is 120 cm³/mol. The van der Waals surface area contributed by atoms with E-state index in [2.05, 4.69) is 11.4 Å². The Bertz CT molecular complexity index is 1140. The zero-order chi connectivity index (χ0) is 21.5. The smallest absolute Gasteiger partial charge is 0.266 e. The van der Waals surface area contributed by atoms with Gasteiger partial charge in [0.05, 0.1) is 0 Å². The van der Waals surface area contributed by atoms with Crippen LogP contribution in [0.2, 0.25) is 0 Å². The minimum atomic E-state index is -0.446. The van der Waals surface area contributed by atoms with E-state index in [0.29, 0.717) is 23.6 Å². The number of aryl methyl sites for hydroxylation is 3. The number of rotatable bonds is 6. The number of ether oxygens (including phenoxy) is 1. The highest BCUT2D eigenvalue weighted by atomic mass is 16.5. The third-order valence-corrected chi connectivity index (χ3v) is 4.69. The molecule has 1 amide bonds. The molecule has 4 nitrogen and oxygen atoms in total. The number of benzene rings is 3. The molecule has 150 valence electrons. The molecular weight excluding hydrogens is 372 g/mol. The molecule has 0 aliphatic carbocycles. The number of para-hydroxylation sites is 1. The molecule has 0 spiro atoms. The van der Waals surface area contributed by atoms with E-state index in [1.165, 1.54) is 5.56 Å². The summed E-state index contributed by atoms with van der Waals surface area (Å²) < 4.78 is 5.97. The average molecular weight is 396 g/mol. The van der Waals surface area contributed by atoms with Crippen LogP contribution >= 0.6 is 0 Å². The maximum absolute atomic E-state index is 12.7. The number of nitrogens with zero attached hydrogens (tertiary/aromatic N) is 1. The van der Waals surface area contributed by atoms with Gasteiger partial charge in [0.1, 0.15) is 24.0 Å². The second kappa shape index (κ2) is 9.58. The molecular formula is C26H24N2O2. The first-order valence-electron chi connectivity index (χ1n) is 9.74. The van der Waals surface area contributed by atoms with Gasteiger partial charge in [-0.25, -0.2) is 0 Å². The quantitative estimate of drug-likeness (QED) is 0.427. The first-order valence-corrected chi connectivity index (χ1v) is 9.74. The van der Waals surface area contributed by atoms with Crippen LogP contribution in [0.15, 0.2) is 72.3 Å². The number of nitriles is 1. The third kappa shape index (κ3) is 5.36. The van der Waals surface area contributed by atoms with Gasteiger partial charge in [-0.15, -0.1) is 0 Å². The van der Waals surface area contributed by atoms with Crippen molar-refractivity contribution in [3.05, 3.63) is 100 Å². The first kappa shape index (κ1) is 20.9. The second-order valence-electron chi connectivity index (χ2n) is 7.26. The highest BCUT2D eigenvalue weighted by Crippen LogP contribution is 2.23. The van der Waals surface area contributed by atoms with E-state index in [-0.39, 0.29) is 5.57 Å². The normalized spacial score (nSPS) is 10.9. The number of nitrogens with one attached hydrogen (secondary N) is 1. The Morgan fingerprint density at radius 1 is 1.00 bits per heavy atom. The lowest BCUT2D eigenvalue weighted by atomic mass is 10.1. The lowest BCUT2D eigenvalue weighted by Gasteiger charge is -2.11. The van der Waals surface area contributed by atoms with Crippen LogP contribution in [-0.4, -0.2) is 5.91 Å². The molecule has 30 heavy (non-hydrogen) atoms. The Labute approximate surface area is 177 Å². The summed E-state index contributed by atoms with van der Waals surface area (Å²) in [5.74, 6) is 0.170. The molecule has 0 heterocycles. The van der Waals surface area contributed by atoms with E-state index in [1.807, 2.05) is 87.5 Å². The molecule has 0 aromatic heterocycles. The van der Waals surface area contributed by atoms with E-state index < -0.39 is 5.91 Å². The van der Waals surface area contributed by atoms with Crippen LogP contribution in [0.4, 0.5) is 5.69 Å². The van der Waals surface area contributed by atoms with E-state index in [0.717, 1.165) is 16.7 Å². The third-order valence-electron chi connectivity index (χ3n) is 4.69. The van der Waals surface area contributed by atoms with Gasteiger partial charge in [-0.2, -0.15) is 5.26 Å². The molecule has 3 aromatic rings. The van der Waals surface area contributed by atoms with E-state index in [1.54, 1.807) is 6.08 Å². The van der Waals surface area contributed by atoms with E-state index in [4.69, 9.17) is 4.74 Å². The molecule has 1 N–H and O–H groups in total. The summed E-state index contributed by atoms with van der Waals surface area (Å²) in [4.78, 5) is 12.7. The predicted octanol–water partition coefficient (Wildman–Crippen LogP) is 5.74. The van der Waals surface area contributed by atoms with Crippen molar-refractivity contribution in [1.29, 1.82) is 5.26 Å². The summed E-state index contributed by atoms with van der Waals surface area (Å²) in [6, 6.07) is 23.2. The standard InChI is InChI=1S/C26H24N2O2/c1-18-7-6-8-21(14-18)17-30-25-10-5-4-9-22(25)15-23(16-27)26(29)28-24-12-11-19(2)13-20(24)3/h4-15H,17H2,1-3H3,(H,28,29)/b23-15+. The van der Waals surface area contributed by atoms with Crippen molar-refractivity contribution in [1.82, 2.24) is 0 Å². The fraction of sp³-hybridized carbons (Fsp3) is 0.154. The number of anilines is 1. The van der Waals surface area contributed by atoms with Crippen molar-refractivity contribution in [2.24, 2.45) is 0 Å². The van der Waals surface area contributed by atoms with Crippen molar-refractivity contribution in [2.45, 2.75) is 27.4 Å². The summed E-state index contributed by atoms with van der Waals surface area (Å²) >= 11 is 0. The summed E-state index contributed by atoms with van der Waals surface area (Å²) in [6.07, 6.45) is 1.56. The fourth-order valence-electron chi connectivity index (χ4n) is 3.14. The lowest BCUT2D eigenvalue weighted by molar-refractivity contribution is -0.112. The van der Waals surface area contributed by atoms with E-state index >= 15 is 0 Å². The Morgan fingerprint density at radius 2 is 1.77 bits per heavy atom. The van der Waals surface area contributed by atoms with Crippen LogP contribution in [0.1, 0.15) is 27.8 Å². The van der Waals surface area contributed by atoms with Crippen molar-refractivity contribution in [3.63, 3.8) is 0 Å². The number of amides is 1. The van der Waals surface area contributed by atoms with Crippen LogP contribution < -0.4 is 10.1 Å². The van der Waals surface area contributed by atoms with E-state index in [9.17, 15) is 10.1 Å². The van der Waals surface area contributed by atoms with Crippen LogP contribution in [0.5, 0.6) is 5.75 Å². The summed E-state index contributed by atoms with van der Waals surface area (Å²) in [5, 5.41) is 12.4. The Hall–Kier alpha value is -3.84. The molecule has 0 radical (unpaired) electrons. The van der Waals surface area contributed by atoms with Gasteiger partial charge >= 0.3 is 0 Å². The molecule has 0 unspecified atom stereocenters. The zero-order valence-corrected chi connectivity index (χ0v) is 17.4. The van der Waals surface area contributed by atoms with Crippen molar-refractivity contribution >= 4 is 17.7 Å². The Morgan fingerprint density at radius 3 is 2.50 bits per heavy atom. The number of carbonyl (C=O) groups excluding carboxylic acids is 1. The minimum absolute atomic E-state index is 0.0154. The highest BCUT2D eigenvalue weighted by molar-refractivity contribution is 6.10. The monoisotopic (exact) mass is 396 g/mol. The molecule has 3 aromatic carbocycles. The molecule has 0 aliphatic rings. The van der Waals surface area contributed by atoms with Gasteiger partial charge in [0.15, 0.2) is 0 Å². The van der Waals surface area contributed by atoms with Crippen LogP contribution in [0.25, 0.3) is 6.08 Å². The van der Waals surface area contributed by atoms with Gasteiger partial charge in [0, 0.05) is 11.3 Å². The van der Waals surface area contributed by atoms with Crippen LogP contribution in [-0.2, 0) is 11.4 Å². The molecule has 3 rings (SSSR count). The molecule has 0 aliphatic heterocycles. The highest BCUT2D eigenvalue weighted by Gasteiger charge is 2.12. The zero-order valence-electron chi connectivity index (χ0n) is 17.4. The van der Waals surface area contributed by atoms with Gasteiger partial charge in [0.25, 0.3) is 5.91 Å². The van der Waals surface area contributed by atoms with Crippen LogP contribution in [0.3, 0.4) is 0 Å². The molecule has 0 bridgehead atoms. The van der Waals surface area contributed by atoms with Crippen LogP contribution in [0, 0.1) is 32.1 Å². The molecule has 0 atom stereocenters. The van der Waals surface area contributed by atoms with Gasteiger partial charge in [-0.05, 0) is 50.1 Å². The van der Waals surface area contributed by atoms with Crippen molar-refractivity contribution in [2.75, 3.05) is 5.32 Å². The van der Waals surface area contributed by atoms with Gasteiger partial charge < -0.3 is 10.1 Å². The second-order valence-corrected chi connectivity index (χ2v) is 7.26. The van der Waals surface area contributed by atoms with Gasteiger partial charge in [0.2, 0.25) is 0 Å². The molecule has 0 saturated heterocycles. The SMILES string of the molecule is Cc1cccc(COc2ccccc2/C=C(\C#N)C(=O)Nc2ccc(C)cc2C)c1. The fourth-order valence-corrected chi connectivity index (χ4v) is 3.14. The number of hydrogen-bond donors (Lipinski definition) is 1. The molecule has 4 heteroatoms. The largest absolute Gasteiger partial charge is 0.488 e. The number of hydrogen-bond acceptors (Lipinski definition) is 3. The van der Waals surface area contributed by atoms with Crippen molar-refractivity contribution < 1.29 is 9.53 Å². The molecule has 0 saturated carbocycles. The maximum Gasteiger partial charge on any atom is 0.266 e. The maximum atomic E-state index is 12.7. The van der Waals surface area contributed by atoms with Gasteiger partial charge in [-0.3, -0.25) is 4.79 Å². The number of carbonyl (C=O) groups is 1. The first-order chi connectivity index (χ1) is 14.5. The topological polar surface area (TPSA) is 62.1 Å². The average Bonchev–Trinajstić information content (AvgIpc) is 2.73. The Kier molecular flexibility index (Phi) is 6.67. The summed E-state index contributed by atoms with van der Waals surface area (Å²) in [5.41, 5.74) is 5.67. The van der Waals surface area contributed by atoms with Crippen molar-refractivity contribution in [3.8, 4) is 11.8 Å². The lowest BCUT2D eigenvalue weighted by Crippen LogP contribution is -2.14. The van der Waals surface area contributed by atoms with Gasteiger partial charge in [-0.1, -0.05) is 65.7 Å². The summed E-state index contributed by atoms with van der Waals surface area (Å²) in [7, 11) is 0. The molecule has 0 fully saturated rings.